The number of hydrogen-bond donors (Lipinski definition) is 1. The van der Waals surface area contributed by atoms with Gasteiger partial charge in [0.05, 0.1) is 4.88 Å². The van der Waals surface area contributed by atoms with Crippen molar-refractivity contribution in [2.75, 3.05) is 39.3 Å². The molecule has 150 valence electrons. The number of carbonyl (C=O) groups is 2. The number of aliphatic hydroxyl groups is 1. The van der Waals surface area contributed by atoms with Gasteiger partial charge in [-0.25, -0.2) is 0 Å². The van der Waals surface area contributed by atoms with E-state index in [2.05, 4.69) is 4.90 Å². The molecule has 1 atom stereocenters. The zero-order valence-corrected chi connectivity index (χ0v) is 16.9. The molecular formula is C21H26N2O4S. The summed E-state index contributed by atoms with van der Waals surface area (Å²) in [4.78, 5) is 28.8. The highest BCUT2D eigenvalue weighted by molar-refractivity contribution is 7.12. The third kappa shape index (κ3) is 5.41. The predicted octanol–water partition coefficient (Wildman–Crippen LogP) is 2.54. The average Bonchev–Trinajstić information content (AvgIpc) is 3.27. The fourth-order valence-electron chi connectivity index (χ4n) is 3.17. The topological polar surface area (TPSA) is 70.1 Å². The van der Waals surface area contributed by atoms with E-state index in [0.717, 1.165) is 18.0 Å². The Bertz CT molecular complexity index is 768. The van der Waals surface area contributed by atoms with Crippen LogP contribution in [0.5, 0.6) is 5.75 Å². The summed E-state index contributed by atoms with van der Waals surface area (Å²) in [5, 5.41) is 12.2. The maximum absolute atomic E-state index is 12.4. The van der Waals surface area contributed by atoms with E-state index in [-0.39, 0.29) is 18.3 Å². The summed E-state index contributed by atoms with van der Waals surface area (Å²) >= 11 is 1.46. The van der Waals surface area contributed by atoms with Crippen molar-refractivity contribution in [2.45, 2.75) is 19.4 Å². The van der Waals surface area contributed by atoms with Gasteiger partial charge in [-0.1, -0.05) is 13.0 Å². The molecule has 1 saturated heterocycles. The second-order valence-corrected chi connectivity index (χ2v) is 7.78. The van der Waals surface area contributed by atoms with Crippen LogP contribution in [0.1, 0.15) is 33.4 Å². The Morgan fingerprint density at radius 2 is 1.86 bits per heavy atom. The fraction of sp³-hybridized carbons (Fsp3) is 0.429. The number of hydrogen-bond acceptors (Lipinski definition) is 6. The molecule has 1 amide bonds. The van der Waals surface area contributed by atoms with Crippen molar-refractivity contribution in [3.63, 3.8) is 0 Å². The van der Waals surface area contributed by atoms with Gasteiger partial charge in [-0.05, 0) is 35.7 Å². The zero-order valence-electron chi connectivity index (χ0n) is 16.0. The SMILES string of the molecule is CCC(=O)c1ccc(OCC(O)CN2CCN(C(=O)c3cccs3)CC2)cc1. The van der Waals surface area contributed by atoms with Crippen molar-refractivity contribution < 1.29 is 19.4 Å². The van der Waals surface area contributed by atoms with Gasteiger partial charge in [-0.3, -0.25) is 14.5 Å². The molecule has 0 radical (unpaired) electrons. The highest BCUT2D eigenvalue weighted by Crippen LogP contribution is 2.15. The smallest absolute Gasteiger partial charge is 0.264 e. The first-order chi connectivity index (χ1) is 13.6. The first-order valence-corrected chi connectivity index (χ1v) is 10.4. The molecule has 28 heavy (non-hydrogen) atoms. The highest BCUT2D eigenvalue weighted by atomic mass is 32.1. The van der Waals surface area contributed by atoms with Gasteiger partial charge in [0, 0.05) is 44.7 Å². The summed E-state index contributed by atoms with van der Waals surface area (Å²) in [5.74, 6) is 0.824. The van der Waals surface area contributed by atoms with Gasteiger partial charge in [0.25, 0.3) is 5.91 Å². The van der Waals surface area contributed by atoms with Crippen LogP contribution in [0.4, 0.5) is 0 Å². The van der Waals surface area contributed by atoms with Crippen LogP contribution in [0.25, 0.3) is 0 Å². The standard InChI is InChI=1S/C21H26N2O4S/c1-2-19(25)16-5-7-18(8-6-16)27-15-17(24)14-22-9-11-23(12-10-22)21(26)20-4-3-13-28-20/h3-8,13,17,24H,2,9-12,14-15H2,1H3. The van der Waals surface area contributed by atoms with Crippen LogP contribution in [-0.4, -0.2) is 72.0 Å². The second-order valence-electron chi connectivity index (χ2n) is 6.84. The van der Waals surface area contributed by atoms with Crippen LogP contribution in [0.3, 0.4) is 0 Å². The highest BCUT2D eigenvalue weighted by Gasteiger charge is 2.24. The van der Waals surface area contributed by atoms with Crippen LogP contribution in [0.15, 0.2) is 41.8 Å². The van der Waals surface area contributed by atoms with Crippen molar-refractivity contribution in [1.29, 1.82) is 0 Å². The van der Waals surface area contributed by atoms with E-state index in [0.29, 0.717) is 37.4 Å². The van der Waals surface area contributed by atoms with E-state index < -0.39 is 6.10 Å². The summed E-state index contributed by atoms with van der Waals surface area (Å²) in [7, 11) is 0. The predicted molar refractivity (Wildman–Crippen MR) is 109 cm³/mol. The average molecular weight is 403 g/mol. The minimum absolute atomic E-state index is 0.0866. The number of β-amino-alcohol motifs (C(OH)–C–C–N with tert-alkyl or cyclic N) is 1. The van der Waals surface area contributed by atoms with Gasteiger partial charge in [0.15, 0.2) is 5.78 Å². The third-order valence-electron chi connectivity index (χ3n) is 4.80. The maximum atomic E-state index is 12.4. The Hall–Kier alpha value is -2.22. The number of ether oxygens (including phenoxy) is 1. The molecule has 0 saturated carbocycles. The summed E-state index contributed by atoms with van der Waals surface area (Å²) in [6.45, 7) is 5.34. The maximum Gasteiger partial charge on any atom is 0.264 e. The van der Waals surface area contributed by atoms with E-state index in [4.69, 9.17) is 4.74 Å². The van der Waals surface area contributed by atoms with Crippen LogP contribution in [0.2, 0.25) is 0 Å². The number of nitrogens with zero attached hydrogens (tertiary/aromatic N) is 2. The monoisotopic (exact) mass is 402 g/mol. The van der Waals surface area contributed by atoms with Crippen molar-refractivity contribution in [2.24, 2.45) is 0 Å². The van der Waals surface area contributed by atoms with Crippen LogP contribution < -0.4 is 4.74 Å². The quantitative estimate of drug-likeness (QED) is 0.687. The van der Waals surface area contributed by atoms with E-state index in [1.165, 1.54) is 11.3 Å². The second kappa shape index (κ2) is 9.82. The Morgan fingerprint density at radius 1 is 1.14 bits per heavy atom. The molecule has 6 nitrogen and oxygen atoms in total. The minimum Gasteiger partial charge on any atom is -0.491 e. The van der Waals surface area contributed by atoms with Crippen LogP contribution in [-0.2, 0) is 0 Å². The molecule has 0 aliphatic carbocycles. The van der Waals surface area contributed by atoms with Gasteiger partial charge in [-0.2, -0.15) is 0 Å². The lowest BCUT2D eigenvalue weighted by Gasteiger charge is -2.35. The number of ketones is 1. The zero-order chi connectivity index (χ0) is 19.9. The lowest BCUT2D eigenvalue weighted by Crippen LogP contribution is -2.50. The van der Waals surface area contributed by atoms with E-state index in [9.17, 15) is 14.7 Å². The number of amides is 1. The van der Waals surface area contributed by atoms with Gasteiger partial charge in [0.2, 0.25) is 0 Å². The van der Waals surface area contributed by atoms with Crippen LogP contribution >= 0.6 is 11.3 Å². The lowest BCUT2D eigenvalue weighted by atomic mass is 10.1. The Kier molecular flexibility index (Phi) is 7.19. The molecule has 2 aromatic rings. The minimum atomic E-state index is -0.614. The molecule has 1 aliphatic heterocycles. The largest absolute Gasteiger partial charge is 0.491 e. The van der Waals surface area contributed by atoms with Crippen LogP contribution in [0, 0.1) is 0 Å². The number of rotatable bonds is 8. The molecule has 1 aromatic carbocycles. The summed E-state index contributed by atoms with van der Waals surface area (Å²) in [6, 6.07) is 10.7. The lowest BCUT2D eigenvalue weighted by molar-refractivity contribution is 0.0405. The molecule has 1 aliphatic rings. The Labute approximate surface area is 169 Å². The van der Waals surface area contributed by atoms with Crippen molar-refractivity contribution in [3.8, 4) is 5.75 Å². The molecule has 1 aromatic heterocycles. The molecule has 0 bridgehead atoms. The number of aliphatic hydroxyl groups excluding tert-OH is 1. The molecule has 7 heteroatoms. The molecule has 3 rings (SSSR count). The van der Waals surface area contributed by atoms with E-state index in [1.807, 2.05) is 29.3 Å². The fourth-order valence-corrected chi connectivity index (χ4v) is 3.86. The number of carbonyl (C=O) groups excluding carboxylic acids is 2. The molecule has 1 fully saturated rings. The normalized spacial score (nSPS) is 16.0. The summed E-state index contributed by atoms with van der Waals surface area (Å²) in [6.07, 6.45) is -0.137. The third-order valence-corrected chi connectivity index (χ3v) is 5.66. The summed E-state index contributed by atoms with van der Waals surface area (Å²) < 4.78 is 5.63. The number of benzene rings is 1. The van der Waals surface area contributed by atoms with Gasteiger partial charge in [0.1, 0.15) is 18.5 Å². The number of piperazine rings is 1. The van der Waals surface area contributed by atoms with Crippen molar-refractivity contribution in [1.82, 2.24) is 9.80 Å². The van der Waals surface area contributed by atoms with E-state index in [1.54, 1.807) is 24.3 Å². The van der Waals surface area contributed by atoms with Gasteiger partial charge >= 0.3 is 0 Å². The Balaban J connectivity index is 1.39. The van der Waals surface area contributed by atoms with Gasteiger partial charge < -0.3 is 14.7 Å². The number of Topliss-reactive ketones (excluding diaryl/α,β-unsaturated/α-hetero) is 1. The molecule has 0 spiro atoms. The van der Waals surface area contributed by atoms with Crippen molar-refractivity contribution >= 4 is 23.0 Å². The molecule has 1 N–H and O–H groups in total. The van der Waals surface area contributed by atoms with Gasteiger partial charge in [-0.15, -0.1) is 11.3 Å². The summed E-state index contributed by atoms with van der Waals surface area (Å²) in [5.41, 5.74) is 0.672. The first kappa shape index (κ1) is 20.5. The van der Waals surface area contributed by atoms with Crippen molar-refractivity contribution in [3.05, 3.63) is 52.2 Å². The first-order valence-electron chi connectivity index (χ1n) is 9.56. The molecular weight excluding hydrogens is 376 g/mol. The van der Waals surface area contributed by atoms with E-state index >= 15 is 0 Å². The molecule has 1 unspecified atom stereocenters. The molecule has 2 heterocycles. The Morgan fingerprint density at radius 3 is 2.46 bits per heavy atom. The number of thiophene rings is 1.